The second-order valence-corrected chi connectivity index (χ2v) is 4.71. The topological polar surface area (TPSA) is 112 Å². The number of carbonyl (C=O) groups excluding carboxylic acids is 1. The summed E-state index contributed by atoms with van der Waals surface area (Å²) >= 11 is 0. The molecule has 0 spiro atoms. The van der Waals surface area contributed by atoms with Crippen molar-refractivity contribution in [1.29, 1.82) is 0 Å². The van der Waals surface area contributed by atoms with E-state index in [0.717, 1.165) is 19.1 Å². The molecule has 6 nitrogen and oxygen atoms in total. The largest absolute Gasteiger partial charge is 0.360 e. The molecular formula is C9H10O6S. The van der Waals surface area contributed by atoms with E-state index < -0.39 is 32.1 Å². The fourth-order valence-electron chi connectivity index (χ4n) is 1.13. The molecule has 16 heavy (non-hydrogen) atoms. The lowest BCUT2D eigenvalue weighted by molar-refractivity contribution is -0.106. The predicted octanol–water partition coefficient (Wildman–Crippen LogP) is -0.183. The van der Waals surface area contributed by atoms with Crippen LogP contribution in [-0.4, -0.2) is 34.8 Å². The highest BCUT2D eigenvalue weighted by Crippen LogP contribution is 2.19. The van der Waals surface area contributed by atoms with Gasteiger partial charge in [-0.3, -0.25) is 9.35 Å². The van der Waals surface area contributed by atoms with E-state index in [4.69, 9.17) is 14.8 Å². The first-order chi connectivity index (χ1) is 7.14. The van der Waals surface area contributed by atoms with E-state index in [9.17, 15) is 13.2 Å². The van der Waals surface area contributed by atoms with E-state index in [0.29, 0.717) is 0 Å². The Hall–Kier alpha value is -1.28. The molecule has 0 aliphatic rings. The summed E-state index contributed by atoms with van der Waals surface area (Å²) in [6, 6.07) is 4.71. The number of hydrogen-bond donors (Lipinski definition) is 3. The zero-order valence-corrected chi connectivity index (χ0v) is 9.10. The minimum Gasteiger partial charge on any atom is -0.360 e. The summed E-state index contributed by atoms with van der Waals surface area (Å²) in [5.41, 5.74) is -0.475. The summed E-state index contributed by atoms with van der Waals surface area (Å²) in [6.07, 6.45) is 0. The van der Waals surface area contributed by atoms with Gasteiger partial charge in [0, 0.05) is 5.56 Å². The van der Waals surface area contributed by atoms with Crippen molar-refractivity contribution in [3.05, 3.63) is 29.8 Å². The van der Waals surface area contributed by atoms with Gasteiger partial charge in [0.2, 0.25) is 11.6 Å². The molecular weight excluding hydrogens is 236 g/mol. The number of ketones is 1. The van der Waals surface area contributed by atoms with Crippen LogP contribution in [-0.2, 0) is 10.1 Å². The fourth-order valence-corrected chi connectivity index (χ4v) is 1.82. The predicted molar refractivity (Wildman–Crippen MR) is 53.4 cm³/mol. The van der Waals surface area contributed by atoms with Gasteiger partial charge in [0.15, 0.2) is 0 Å². The van der Waals surface area contributed by atoms with Crippen molar-refractivity contribution < 1.29 is 28.0 Å². The van der Waals surface area contributed by atoms with Crippen molar-refractivity contribution in [2.45, 2.75) is 17.6 Å². The summed E-state index contributed by atoms with van der Waals surface area (Å²) in [4.78, 5) is 10.8. The van der Waals surface area contributed by atoms with Crippen LogP contribution in [0.3, 0.4) is 0 Å². The molecule has 0 aliphatic carbocycles. The number of benzene rings is 1. The maximum atomic E-state index is 11.5. The minimum absolute atomic E-state index is 0.475. The van der Waals surface area contributed by atoms with Gasteiger partial charge in [-0.2, -0.15) is 8.42 Å². The molecule has 0 heterocycles. The van der Waals surface area contributed by atoms with Crippen LogP contribution in [0.5, 0.6) is 0 Å². The molecule has 0 radical (unpaired) electrons. The Morgan fingerprint density at radius 1 is 1.25 bits per heavy atom. The number of aliphatic hydroxyl groups is 2. The third-order valence-corrected chi connectivity index (χ3v) is 2.75. The molecule has 0 fully saturated rings. The molecule has 3 N–H and O–H groups in total. The van der Waals surface area contributed by atoms with E-state index in [-0.39, 0.29) is 0 Å². The van der Waals surface area contributed by atoms with E-state index in [1.807, 2.05) is 0 Å². The number of Topliss-reactive ketones (excluding diaryl/α,β-unsaturated/α-hetero) is 1. The van der Waals surface area contributed by atoms with Gasteiger partial charge in [-0.05, 0) is 19.1 Å². The molecule has 7 heteroatoms. The molecule has 0 saturated carbocycles. The van der Waals surface area contributed by atoms with Crippen molar-refractivity contribution in [3.8, 4) is 0 Å². The van der Waals surface area contributed by atoms with Gasteiger partial charge in [0.25, 0.3) is 10.1 Å². The van der Waals surface area contributed by atoms with Gasteiger partial charge in [-0.1, -0.05) is 12.1 Å². The average molecular weight is 246 g/mol. The Balaban J connectivity index is 3.42. The van der Waals surface area contributed by atoms with Gasteiger partial charge in [-0.25, -0.2) is 0 Å². The Labute approximate surface area is 91.9 Å². The van der Waals surface area contributed by atoms with Gasteiger partial charge >= 0.3 is 0 Å². The first kappa shape index (κ1) is 12.8. The summed E-state index contributed by atoms with van der Waals surface area (Å²) < 4.78 is 30.7. The maximum absolute atomic E-state index is 11.5. The molecule has 0 saturated heterocycles. The number of rotatable bonds is 3. The Morgan fingerprint density at radius 3 is 2.19 bits per heavy atom. The molecule has 0 aliphatic heterocycles. The molecule has 88 valence electrons. The zero-order chi connectivity index (χ0) is 12.6. The average Bonchev–Trinajstić information content (AvgIpc) is 2.14. The van der Waals surface area contributed by atoms with Gasteiger partial charge in [0.05, 0.1) is 0 Å². The molecule has 0 unspecified atom stereocenters. The Morgan fingerprint density at radius 2 is 1.75 bits per heavy atom. The summed E-state index contributed by atoms with van der Waals surface area (Å²) in [7, 11) is -4.58. The quantitative estimate of drug-likeness (QED) is 0.387. The molecule has 0 atom stereocenters. The highest BCUT2D eigenvalue weighted by Gasteiger charge is 2.32. The van der Waals surface area contributed by atoms with Crippen LogP contribution in [0.15, 0.2) is 29.2 Å². The second kappa shape index (κ2) is 3.95. The van der Waals surface area contributed by atoms with Crippen molar-refractivity contribution >= 4 is 15.9 Å². The monoisotopic (exact) mass is 246 g/mol. The van der Waals surface area contributed by atoms with E-state index in [1.165, 1.54) is 12.1 Å². The Bertz CT molecular complexity index is 511. The second-order valence-electron chi connectivity index (χ2n) is 3.32. The maximum Gasteiger partial charge on any atom is 0.295 e. The molecule has 0 aromatic heterocycles. The summed E-state index contributed by atoms with van der Waals surface area (Å²) in [6.45, 7) is 0.802. The molecule has 1 rings (SSSR count). The van der Waals surface area contributed by atoms with Crippen molar-refractivity contribution in [3.63, 3.8) is 0 Å². The molecule has 0 bridgehead atoms. The van der Waals surface area contributed by atoms with Crippen molar-refractivity contribution in [2.24, 2.45) is 0 Å². The van der Waals surface area contributed by atoms with Crippen LogP contribution in [0.25, 0.3) is 0 Å². The van der Waals surface area contributed by atoms with Gasteiger partial charge in [-0.15, -0.1) is 0 Å². The normalized spacial score (nSPS) is 12.5. The molecule has 1 aromatic carbocycles. The third kappa shape index (κ3) is 2.64. The lowest BCUT2D eigenvalue weighted by Gasteiger charge is -2.15. The van der Waals surface area contributed by atoms with E-state index in [2.05, 4.69) is 0 Å². The highest BCUT2D eigenvalue weighted by atomic mass is 32.2. The first-order valence-electron chi connectivity index (χ1n) is 4.20. The zero-order valence-electron chi connectivity index (χ0n) is 8.28. The fraction of sp³-hybridized carbons (Fsp3) is 0.222. The number of hydrogen-bond acceptors (Lipinski definition) is 5. The standard InChI is InChI=1S/C9H10O6S/c1-9(11,12)8(10)6-4-2-3-5-7(6)16(13,14)15/h2-5,11-12H,1H3,(H,13,14,15). The first-order valence-corrected chi connectivity index (χ1v) is 5.64. The Kier molecular flexibility index (Phi) is 3.15. The lowest BCUT2D eigenvalue weighted by Crippen LogP contribution is -2.35. The van der Waals surface area contributed by atoms with Crippen LogP contribution in [0, 0.1) is 0 Å². The number of carbonyl (C=O) groups is 1. The van der Waals surface area contributed by atoms with Crippen molar-refractivity contribution in [1.82, 2.24) is 0 Å². The summed E-state index contributed by atoms with van der Waals surface area (Å²) in [5, 5.41) is 18.1. The molecule has 1 aromatic rings. The van der Waals surface area contributed by atoms with Crippen LogP contribution >= 0.6 is 0 Å². The SMILES string of the molecule is CC(O)(O)C(=O)c1ccccc1S(=O)(=O)O. The van der Waals surface area contributed by atoms with Crippen LogP contribution < -0.4 is 0 Å². The highest BCUT2D eigenvalue weighted by molar-refractivity contribution is 7.86. The molecule has 0 amide bonds. The van der Waals surface area contributed by atoms with E-state index in [1.54, 1.807) is 0 Å². The van der Waals surface area contributed by atoms with Gasteiger partial charge < -0.3 is 10.2 Å². The van der Waals surface area contributed by atoms with Crippen LogP contribution in [0.2, 0.25) is 0 Å². The summed E-state index contributed by atoms with van der Waals surface area (Å²) in [5.74, 6) is -3.90. The lowest BCUT2D eigenvalue weighted by atomic mass is 10.1. The third-order valence-electron chi connectivity index (χ3n) is 1.84. The van der Waals surface area contributed by atoms with E-state index >= 15 is 0 Å². The van der Waals surface area contributed by atoms with Crippen molar-refractivity contribution in [2.75, 3.05) is 0 Å². The smallest absolute Gasteiger partial charge is 0.295 e. The van der Waals surface area contributed by atoms with Crippen LogP contribution in [0.1, 0.15) is 17.3 Å². The van der Waals surface area contributed by atoms with Crippen LogP contribution in [0.4, 0.5) is 0 Å². The minimum atomic E-state index is -4.58. The van der Waals surface area contributed by atoms with Gasteiger partial charge in [0.1, 0.15) is 4.90 Å².